The van der Waals surface area contributed by atoms with Crippen molar-refractivity contribution in [2.24, 2.45) is 5.92 Å². The van der Waals surface area contributed by atoms with E-state index in [0.717, 1.165) is 13.0 Å². The number of ether oxygens (including phenoxy) is 1. The van der Waals surface area contributed by atoms with Gasteiger partial charge in [-0.15, -0.1) is 0 Å². The largest absolute Gasteiger partial charge is 0.497 e. The summed E-state index contributed by atoms with van der Waals surface area (Å²) >= 11 is 6.14. The van der Waals surface area contributed by atoms with Gasteiger partial charge < -0.3 is 15.0 Å². The number of methoxy groups -OCH3 is 1. The van der Waals surface area contributed by atoms with Crippen LogP contribution in [-0.2, 0) is 0 Å². The maximum atomic E-state index is 12.4. The lowest BCUT2D eigenvalue weighted by molar-refractivity contribution is 0.147. The molecule has 1 aromatic rings. The molecule has 1 fully saturated rings. The Morgan fingerprint density at radius 3 is 2.80 bits per heavy atom. The maximum Gasteiger partial charge on any atom is 0.322 e. The number of rotatable bonds is 2. The molecule has 0 spiro atoms. The van der Waals surface area contributed by atoms with Crippen LogP contribution in [0.15, 0.2) is 18.2 Å². The summed E-state index contributed by atoms with van der Waals surface area (Å²) in [5.74, 6) is 1.22. The van der Waals surface area contributed by atoms with Gasteiger partial charge >= 0.3 is 6.03 Å². The minimum absolute atomic E-state index is 0.0869. The van der Waals surface area contributed by atoms with Gasteiger partial charge in [-0.05, 0) is 37.8 Å². The molecule has 1 saturated heterocycles. The van der Waals surface area contributed by atoms with Crippen molar-refractivity contribution in [3.63, 3.8) is 0 Å². The highest BCUT2D eigenvalue weighted by Gasteiger charge is 2.27. The summed E-state index contributed by atoms with van der Waals surface area (Å²) in [6, 6.07) is 5.42. The van der Waals surface area contributed by atoms with Crippen LogP contribution in [0.2, 0.25) is 5.02 Å². The van der Waals surface area contributed by atoms with E-state index < -0.39 is 0 Å². The maximum absolute atomic E-state index is 12.4. The van der Waals surface area contributed by atoms with Gasteiger partial charge in [-0.1, -0.05) is 18.5 Å². The zero-order valence-corrected chi connectivity index (χ0v) is 12.9. The Balaban J connectivity index is 2.07. The molecule has 5 heteroatoms. The minimum atomic E-state index is -0.0869. The van der Waals surface area contributed by atoms with E-state index in [1.54, 1.807) is 25.3 Å². The first-order chi connectivity index (χ1) is 9.51. The molecule has 4 nitrogen and oxygen atoms in total. The Morgan fingerprint density at radius 1 is 1.40 bits per heavy atom. The number of likely N-dealkylation sites (tertiary alicyclic amines) is 1. The topological polar surface area (TPSA) is 41.6 Å². The summed E-state index contributed by atoms with van der Waals surface area (Å²) in [6.07, 6.45) is 2.22. The standard InChI is InChI=1S/C15H21ClN2O2/c1-10-4-5-11(2)18(9-10)15(19)17-14-7-6-12(20-3)8-13(14)16/h6-8,10-11H,4-5,9H2,1-3H3,(H,17,19)/t10-,11-/m0/s1. The molecule has 2 rings (SSSR count). The molecule has 1 aliphatic heterocycles. The normalized spacial score (nSPS) is 22.5. The van der Waals surface area contributed by atoms with Gasteiger partial charge in [-0.25, -0.2) is 4.79 Å². The lowest BCUT2D eigenvalue weighted by atomic mass is 9.95. The predicted molar refractivity (Wildman–Crippen MR) is 81.6 cm³/mol. The Kier molecular flexibility index (Phi) is 4.76. The molecule has 2 atom stereocenters. The van der Waals surface area contributed by atoms with Gasteiger partial charge in [-0.2, -0.15) is 0 Å². The summed E-state index contributed by atoms with van der Waals surface area (Å²) in [4.78, 5) is 14.2. The number of hydrogen-bond donors (Lipinski definition) is 1. The quantitative estimate of drug-likeness (QED) is 0.896. The molecule has 110 valence electrons. The molecule has 2 amide bonds. The first-order valence-corrected chi connectivity index (χ1v) is 7.30. The molecule has 0 saturated carbocycles. The molecule has 0 aliphatic carbocycles. The van der Waals surface area contributed by atoms with Crippen LogP contribution in [0.3, 0.4) is 0 Å². The second-order valence-corrected chi connectivity index (χ2v) is 5.87. The first-order valence-electron chi connectivity index (χ1n) is 6.92. The molecular weight excluding hydrogens is 276 g/mol. The second kappa shape index (κ2) is 6.35. The van der Waals surface area contributed by atoms with Gasteiger partial charge in [0.2, 0.25) is 0 Å². The molecule has 0 unspecified atom stereocenters. The molecule has 20 heavy (non-hydrogen) atoms. The number of piperidine rings is 1. The van der Waals surface area contributed by atoms with E-state index in [1.165, 1.54) is 6.42 Å². The van der Waals surface area contributed by atoms with Crippen LogP contribution in [0.25, 0.3) is 0 Å². The number of hydrogen-bond acceptors (Lipinski definition) is 2. The number of benzene rings is 1. The zero-order chi connectivity index (χ0) is 14.7. The van der Waals surface area contributed by atoms with Gasteiger partial charge in [0.25, 0.3) is 0 Å². The first kappa shape index (κ1) is 15.0. The zero-order valence-electron chi connectivity index (χ0n) is 12.1. The highest BCUT2D eigenvalue weighted by molar-refractivity contribution is 6.33. The average molecular weight is 297 g/mol. The van der Waals surface area contributed by atoms with E-state index in [9.17, 15) is 4.79 Å². The van der Waals surface area contributed by atoms with Crippen LogP contribution in [0.1, 0.15) is 26.7 Å². The van der Waals surface area contributed by atoms with E-state index in [-0.39, 0.29) is 12.1 Å². The third kappa shape index (κ3) is 3.37. The van der Waals surface area contributed by atoms with E-state index >= 15 is 0 Å². The van der Waals surface area contributed by atoms with E-state index in [0.29, 0.717) is 22.4 Å². The van der Waals surface area contributed by atoms with Crippen molar-refractivity contribution in [2.45, 2.75) is 32.7 Å². The Morgan fingerprint density at radius 2 is 2.15 bits per heavy atom. The Bertz CT molecular complexity index is 493. The summed E-state index contributed by atoms with van der Waals surface area (Å²) in [7, 11) is 1.58. The van der Waals surface area contributed by atoms with Crippen LogP contribution in [0, 0.1) is 5.92 Å². The number of halogens is 1. The third-order valence-corrected chi connectivity index (χ3v) is 4.11. The van der Waals surface area contributed by atoms with Crippen molar-refractivity contribution in [3.05, 3.63) is 23.2 Å². The third-order valence-electron chi connectivity index (χ3n) is 3.80. The number of amides is 2. The van der Waals surface area contributed by atoms with Gasteiger partial charge in [0, 0.05) is 18.7 Å². The number of anilines is 1. The molecular formula is C15H21ClN2O2. The number of carbonyl (C=O) groups excluding carboxylic acids is 1. The number of urea groups is 1. The molecule has 1 aliphatic rings. The van der Waals surface area contributed by atoms with Gasteiger partial charge in [0.05, 0.1) is 17.8 Å². The van der Waals surface area contributed by atoms with Gasteiger partial charge in [-0.3, -0.25) is 0 Å². The summed E-state index contributed by atoms with van der Waals surface area (Å²) < 4.78 is 5.09. The van der Waals surface area contributed by atoms with Crippen molar-refractivity contribution >= 4 is 23.3 Å². The van der Waals surface area contributed by atoms with Crippen molar-refractivity contribution in [1.82, 2.24) is 4.90 Å². The van der Waals surface area contributed by atoms with E-state index in [2.05, 4.69) is 19.2 Å². The minimum Gasteiger partial charge on any atom is -0.497 e. The molecule has 1 N–H and O–H groups in total. The Hall–Kier alpha value is -1.42. The summed E-state index contributed by atoms with van der Waals surface area (Å²) in [5.41, 5.74) is 0.614. The fourth-order valence-corrected chi connectivity index (χ4v) is 2.70. The lowest BCUT2D eigenvalue weighted by Gasteiger charge is -2.36. The smallest absolute Gasteiger partial charge is 0.322 e. The molecule has 1 aromatic carbocycles. The van der Waals surface area contributed by atoms with Crippen LogP contribution < -0.4 is 10.1 Å². The van der Waals surface area contributed by atoms with Crippen LogP contribution in [-0.4, -0.2) is 30.6 Å². The Labute approximate surface area is 125 Å². The van der Waals surface area contributed by atoms with Gasteiger partial charge in [0.1, 0.15) is 5.75 Å². The van der Waals surface area contributed by atoms with Crippen molar-refractivity contribution in [3.8, 4) is 5.75 Å². The second-order valence-electron chi connectivity index (χ2n) is 5.46. The predicted octanol–water partition coefficient (Wildman–Crippen LogP) is 4.00. The fraction of sp³-hybridized carbons (Fsp3) is 0.533. The average Bonchev–Trinajstić information content (AvgIpc) is 2.43. The number of nitrogens with one attached hydrogen (secondary N) is 1. The molecule has 0 radical (unpaired) electrons. The molecule has 1 heterocycles. The van der Waals surface area contributed by atoms with Gasteiger partial charge in [0.15, 0.2) is 0 Å². The highest BCUT2D eigenvalue weighted by atomic mass is 35.5. The van der Waals surface area contributed by atoms with E-state index in [1.807, 2.05) is 4.90 Å². The number of carbonyl (C=O) groups is 1. The van der Waals surface area contributed by atoms with Crippen molar-refractivity contribution in [2.75, 3.05) is 19.0 Å². The van der Waals surface area contributed by atoms with Crippen LogP contribution >= 0.6 is 11.6 Å². The molecule has 0 aromatic heterocycles. The summed E-state index contributed by atoms with van der Waals surface area (Å²) in [5, 5.41) is 3.36. The molecule has 0 bridgehead atoms. The monoisotopic (exact) mass is 296 g/mol. The van der Waals surface area contributed by atoms with Crippen molar-refractivity contribution in [1.29, 1.82) is 0 Å². The highest BCUT2D eigenvalue weighted by Crippen LogP contribution is 2.28. The SMILES string of the molecule is COc1ccc(NC(=O)N2C[C@@H](C)CC[C@@H]2C)c(Cl)c1. The van der Waals surface area contributed by atoms with Crippen molar-refractivity contribution < 1.29 is 9.53 Å². The number of nitrogens with zero attached hydrogens (tertiary/aromatic N) is 1. The fourth-order valence-electron chi connectivity index (χ4n) is 2.48. The lowest BCUT2D eigenvalue weighted by Crippen LogP contribution is -2.46. The van der Waals surface area contributed by atoms with E-state index in [4.69, 9.17) is 16.3 Å². The summed E-state index contributed by atoms with van der Waals surface area (Å²) in [6.45, 7) is 5.05. The van der Waals surface area contributed by atoms with Crippen LogP contribution in [0.5, 0.6) is 5.75 Å². The van der Waals surface area contributed by atoms with Crippen LogP contribution in [0.4, 0.5) is 10.5 Å².